The number of anilines is 2. The summed E-state index contributed by atoms with van der Waals surface area (Å²) in [5.74, 6) is 0.0956. The molecular formula is C18H19F5N4O5S. The minimum atomic E-state index is -4.82. The normalized spacial score (nSPS) is 14.6. The van der Waals surface area contributed by atoms with Crippen molar-refractivity contribution in [3.63, 3.8) is 0 Å². The number of amides is 1. The molecule has 0 saturated heterocycles. The van der Waals surface area contributed by atoms with Crippen molar-refractivity contribution in [3.05, 3.63) is 30.1 Å². The van der Waals surface area contributed by atoms with Gasteiger partial charge in [0, 0.05) is 5.69 Å². The first-order valence-corrected chi connectivity index (χ1v) is 10.8. The molecule has 0 fully saturated rings. The molecule has 9 nitrogen and oxygen atoms in total. The Labute approximate surface area is 185 Å². The Bertz CT molecular complexity index is 1160. The number of sulfonamides is 1. The van der Waals surface area contributed by atoms with Gasteiger partial charge in [-0.25, -0.2) is 17.9 Å². The number of benzene rings is 1. The summed E-state index contributed by atoms with van der Waals surface area (Å²) in [6.07, 6.45) is -5.54. The predicted octanol–water partition coefficient (Wildman–Crippen LogP) is 4.06. The van der Waals surface area contributed by atoms with E-state index in [4.69, 9.17) is 4.74 Å². The van der Waals surface area contributed by atoms with Crippen molar-refractivity contribution in [2.45, 2.75) is 44.0 Å². The van der Waals surface area contributed by atoms with Crippen LogP contribution in [0.2, 0.25) is 0 Å². The van der Waals surface area contributed by atoms with Gasteiger partial charge in [-0.05, 0) is 39.0 Å². The number of hydrogen-bond donors (Lipinski definition) is 1. The molecule has 2 heterocycles. The van der Waals surface area contributed by atoms with Crippen LogP contribution in [0.15, 0.2) is 29.3 Å². The molecule has 0 spiro atoms. The second-order valence-electron chi connectivity index (χ2n) is 7.47. The minimum absolute atomic E-state index is 0.0527. The average molecular weight is 498 g/mol. The molecule has 1 aromatic carbocycles. The highest BCUT2D eigenvalue weighted by atomic mass is 32.2. The molecule has 15 heteroatoms. The topological polar surface area (TPSA) is 103 Å². The van der Waals surface area contributed by atoms with Gasteiger partial charge in [0.1, 0.15) is 17.3 Å². The van der Waals surface area contributed by atoms with Crippen LogP contribution in [0.5, 0.6) is 5.75 Å². The molecule has 1 amide bonds. The largest absolute Gasteiger partial charge is 0.489 e. The number of ether oxygens (including phenoxy) is 2. The zero-order valence-corrected chi connectivity index (χ0v) is 18.3. The Morgan fingerprint density at radius 1 is 1.27 bits per heavy atom. The average Bonchev–Trinajstić information content (AvgIpc) is 3.09. The molecule has 0 saturated carbocycles. The van der Waals surface area contributed by atoms with Crippen molar-refractivity contribution in [2.75, 3.05) is 22.8 Å². The van der Waals surface area contributed by atoms with E-state index in [1.54, 1.807) is 0 Å². The molecule has 1 aliphatic heterocycles. The highest BCUT2D eigenvalue weighted by Gasteiger charge is 2.51. The lowest BCUT2D eigenvalue weighted by molar-refractivity contribution is -0.242. The molecule has 2 aromatic rings. The van der Waals surface area contributed by atoms with Gasteiger partial charge in [0.05, 0.1) is 24.1 Å². The maximum Gasteiger partial charge on any atom is 0.427 e. The molecule has 0 atom stereocenters. The van der Waals surface area contributed by atoms with Crippen molar-refractivity contribution in [1.29, 1.82) is 0 Å². The smallest absolute Gasteiger partial charge is 0.427 e. The predicted molar refractivity (Wildman–Crippen MR) is 105 cm³/mol. The van der Waals surface area contributed by atoms with E-state index in [0.29, 0.717) is 20.0 Å². The van der Waals surface area contributed by atoms with E-state index in [9.17, 15) is 35.2 Å². The SMILES string of the molecule is Cc1nn(C(F)F)cc1S(=O)(=O)N1CCOc2ccc(NC(=O)OC(C)(C)C(F)(F)F)cc21. The van der Waals surface area contributed by atoms with Gasteiger partial charge < -0.3 is 9.47 Å². The number of halogens is 5. The van der Waals surface area contributed by atoms with Gasteiger partial charge >= 0.3 is 18.8 Å². The van der Waals surface area contributed by atoms with Crippen molar-refractivity contribution in [1.82, 2.24) is 9.78 Å². The highest BCUT2D eigenvalue weighted by Crippen LogP contribution is 2.38. The summed E-state index contributed by atoms with van der Waals surface area (Å²) < 4.78 is 102. The lowest BCUT2D eigenvalue weighted by Gasteiger charge is -2.31. The number of aromatic nitrogens is 2. The summed E-state index contributed by atoms with van der Waals surface area (Å²) in [5.41, 5.74) is -3.07. The summed E-state index contributed by atoms with van der Waals surface area (Å²) in [4.78, 5) is 11.5. The van der Waals surface area contributed by atoms with E-state index in [1.165, 1.54) is 19.1 Å². The zero-order chi connectivity index (χ0) is 24.8. The first-order chi connectivity index (χ1) is 15.1. The molecule has 182 valence electrons. The number of carbonyl (C=O) groups is 1. The van der Waals surface area contributed by atoms with E-state index >= 15 is 0 Å². The Balaban J connectivity index is 1.91. The van der Waals surface area contributed by atoms with Crippen LogP contribution in [0.4, 0.5) is 38.1 Å². The summed E-state index contributed by atoms with van der Waals surface area (Å²) >= 11 is 0. The van der Waals surface area contributed by atoms with Gasteiger partial charge in [-0.1, -0.05) is 0 Å². The first-order valence-electron chi connectivity index (χ1n) is 9.34. The van der Waals surface area contributed by atoms with Crippen LogP contribution in [-0.4, -0.2) is 49.2 Å². The lowest BCUT2D eigenvalue weighted by Crippen LogP contribution is -2.44. The Morgan fingerprint density at radius 2 is 1.94 bits per heavy atom. The van der Waals surface area contributed by atoms with E-state index in [0.717, 1.165) is 10.4 Å². The molecule has 3 rings (SSSR count). The number of carbonyl (C=O) groups excluding carboxylic acids is 1. The molecule has 1 aromatic heterocycles. The van der Waals surface area contributed by atoms with Crippen LogP contribution in [-0.2, 0) is 14.8 Å². The zero-order valence-electron chi connectivity index (χ0n) is 17.5. The van der Waals surface area contributed by atoms with Gasteiger partial charge in [-0.3, -0.25) is 9.62 Å². The fourth-order valence-corrected chi connectivity index (χ4v) is 4.50. The molecule has 1 N–H and O–H groups in total. The number of hydrogen-bond acceptors (Lipinski definition) is 6. The number of nitrogens with one attached hydrogen (secondary N) is 1. The Hall–Kier alpha value is -3.10. The van der Waals surface area contributed by atoms with E-state index in [2.05, 4.69) is 15.2 Å². The minimum Gasteiger partial charge on any atom is -0.489 e. The first kappa shape index (κ1) is 24.5. The van der Waals surface area contributed by atoms with Gasteiger partial charge in [0.2, 0.25) is 5.60 Å². The third-order valence-electron chi connectivity index (χ3n) is 4.70. The van der Waals surface area contributed by atoms with Crippen molar-refractivity contribution < 1.29 is 44.6 Å². The highest BCUT2D eigenvalue weighted by molar-refractivity contribution is 7.92. The van der Waals surface area contributed by atoms with Crippen LogP contribution in [0.25, 0.3) is 0 Å². The summed E-state index contributed by atoms with van der Waals surface area (Å²) in [7, 11) is -4.37. The monoisotopic (exact) mass is 498 g/mol. The van der Waals surface area contributed by atoms with Crippen LogP contribution >= 0.6 is 0 Å². The molecule has 0 unspecified atom stereocenters. The fraction of sp³-hybridized carbons (Fsp3) is 0.444. The van der Waals surface area contributed by atoms with Gasteiger partial charge in [-0.15, -0.1) is 0 Å². The van der Waals surface area contributed by atoms with Crippen molar-refractivity contribution in [3.8, 4) is 5.75 Å². The molecule has 0 bridgehead atoms. The summed E-state index contributed by atoms with van der Waals surface area (Å²) in [6.45, 7) is -0.699. The van der Waals surface area contributed by atoms with Crippen LogP contribution in [0.3, 0.4) is 0 Å². The Kier molecular flexibility index (Phi) is 6.21. The third-order valence-corrected chi connectivity index (χ3v) is 6.61. The molecular weight excluding hydrogens is 479 g/mol. The van der Waals surface area contributed by atoms with Gasteiger partial charge in [0.15, 0.2) is 0 Å². The number of aryl methyl sites for hydroxylation is 1. The third kappa shape index (κ3) is 4.82. The van der Waals surface area contributed by atoms with Gasteiger partial charge in [0.25, 0.3) is 10.0 Å². The fourth-order valence-electron chi connectivity index (χ4n) is 2.89. The molecule has 0 aliphatic carbocycles. The summed E-state index contributed by atoms with van der Waals surface area (Å²) in [5, 5.41) is 5.61. The maximum absolute atomic E-state index is 13.2. The maximum atomic E-state index is 13.2. The second kappa shape index (κ2) is 8.35. The number of nitrogens with zero attached hydrogens (tertiary/aromatic N) is 3. The number of rotatable bonds is 5. The van der Waals surface area contributed by atoms with E-state index in [-0.39, 0.29) is 40.7 Å². The van der Waals surface area contributed by atoms with Crippen LogP contribution in [0.1, 0.15) is 26.1 Å². The van der Waals surface area contributed by atoms with E-state index in [1.807, 2.05) is 0 Å². The quantitative estimate of drug-likeness (QED) is 0.624. The van der Waals surface area contributed by atoms with Gasteiger partial charge in [-0.2, -0.15) is 27.1 Å². The number of fused-ring (bicyclic) bond motifs is 1. The van der Waals surface area contributed by atoms with E-state index < -0.39 is 39.3 Å². The molecule has 0 radical (unpaired) electrons. The molecule has 33 heavy (non-hydrogen) atoms. The van der Waals surface area contributed by atoms with Crippen molar-refractivity contribution in [2.24, 2.45) is 0 Å². The van der Waals surface area contributed by atoms with Crippen LogP contribution in [0, 0.1) is 6.92 Å². The molecule has 1 aliphatic rings. The lowest BCUT2D eigenvalue weighted by atomic mass is 10.1. The van der Waals surface area contributed by atoms with Crippen LogP contribution < -0.4 is 14.4 Å². The van der Waals surface area contributed by atoms with Crippen molar-refractivity contribution >= 4 is 27.5 Å². The Morgan fingerprint density at radius 3 is 2.52 bits per heavy atom. The second-order valence-corrected chi connectivity index (χ2v) is 9.30. The number of alkyl halides is 5. The standard InChI is InChI=1S/C18H19F5N4O5S/c1-10-14(9-26(25-10)15(19)20)33(29,30)27-6-7-31-13-5-4-11(8-12(13)27)24-16(28)32-17(2,3)18(21,22)23/h4-5,8-9,15H,6-7H2,1-3H3,(H,24,28). The summed E-state index contributed by atoms with van der Waals surface area (Å²) in [6, 6.07) is 3.73.